The molecule has 0 spiro atoms. The van der Waals surface area contributed by atoms with Crippen LogP contribution < -0.4 is 14.4 Å². The van der Waals surface area contributed by atoms with Crippen molar-refractivity contribution in [2.45, 2.75) is 0 Å². The molecule has 0 aliphatic carbocycles. The highest BCUT2D eigenvalue weighted by molar-refractivity contribution is 5.88. The second kappa shape index (κ2) is 8.35. The Balaban J connectivity index is 1.54. The molecule has 0 radical (unpaired) electrons. The first-order valence-electron chi connectivity index (χ1n) is 8.42. The molecule has 142 valence electrons. The predicted octanol–water partition coefficient (Wildman–Crippen LogP) is 0.911. The molecule has 1 aliphatic heterocycles. The van der Waals surface area contributed by atoms with Gasteiger partial charge in [-0.1, -0.05) is 0 Å². The monoisotopic (exact) mass is 372 g/mol. The van der Waals surface area contributed by atoms with Crippen molar-refractivity contribution < 1.29 is 24.2 Å². The molecule has 0 atom stereocenters. The van der Waals surface area contributed by atoms with Crippen LogP contribution in [0.25, 0.3) is 0 Å². The standard InChI is InChI=1S/C18H20N4O5/c1-26-15-11-13(17(24)25)3-4-14(15)27-12-16(23)21-7-9-22(10-8-21)18-19-5-2-6-20-18/h2-6,11H,7-10,12H2,1H3,(H,24,25). The zero-order valence-corrected chi connectivity index (χ0v) is 14.9. The van der Waals surface area contributed by atoms with Gasteiger partial charge in [0.25, 0.3) is 5.91 Å². The lowest BCUT2D eigenvalue weighted by atomic mass is 10.2. The van der Waals surface area contributed by atoms with Gasteiger partial charge < -0.3 is 24.4 Å². The molecule has 1 N–H and O–H groups in total. The maximum Gasteiger partial charge on any atom is 0.335 e. The number of methoxy groups -OCH3 is 1. The molecule has 1 saturated heterocycles. The number of carbonyl (C=O) groups is 2. The van der Waals surface area contributed by atoms with Crippen LogP contribution in [0.3, 0.4) is 0 Å². The van der Waals surface area contributed by atoms with E-state index in [0.29, 0.717) is 37.9 Å². The zero-order valence-electron chi connectivity index (χ0n) is 14.9. The Labute approximate surface area is 156 Å². The smallest absolute Gasteiger partial charge is 0.335 e. The Morgan fingerprint density at radius 1 is 1.11 bits per heavy atom. The highest BCUT2D eigenvalue weighted by Gasteiger charge is 2.23. The van der Waals surface area contributed by atoms with Gasteiger partial charge in [-0.25, -0.2) is 14.8 Å². The molecular formula is C18H20N4O5. The van der Waals surface area contributed by atoms with Crippen LogP contribution in [0.15, 0.2) is 36.7 Å². The molecule has 9 nitrogen and oxygen atoms in total. The van der Waals surface area contributed by atoms with Gasteiger partial charge in [-0.15, -0.1) is 0 Å². The number of carboxylic acid groups (broad SMARTS) is 1. The molecule has 1 aromatic heterocycles. The van der Waals surface area contributed by atoms with Crippen molar-refractivity contribution >= 4 is 17.8 Å². The zero-order chi connectivity index (χ0) is 19.2. The minimum absolute atomic E-state index is 0.0878. The van der Waals surface area contributed by atoms with Crippen molar-refractivity contribution in [1.29, 1.82) is 0 Å². The highest BCUT2D eigenvalue weighted by Crippen LogP contribution is 2.28. The number of rotatable bonds is 6. The fourth-order valence-electron chi connectivity index (χ4n) is 2.76. The summed E-state index contributed by atoms with van der Waals surface area (Å²) in [5.41, 5.74) is 0.0878. The minimum Gasteiger partial charge on any atom is -0.493 e. The molecular weight excluding hydrogens is 352 g/mol. The van der Waals surface area contributed by atoms with E-state index in [1.807, 2.05) is 4.90 Å². The van der Waals surface area contributed by atoms with E-state index in [1.165, 1.54) is 25.3 Å². The largest absolute Gasteiger partial charge is 0.493 e. The highest BCUT2D eigenvalue weighted by atomic mass is 16.5. The number of piperazine rings is 1. The Morgan fingerprint density at radius 2 is 1.81 bits per heavy atom. The van der Waals surface area contributed by atoms with E-state index in [2.05, 4.69) is 9.97 Å². The van der Waals surface area contributed by atoms with E-state index in [0.717, 1.165) is 0 Å². The predicted molar refractivity (Wildman–Crippen MR) is 96.3 cm³/mol. The fraction of sp³-hybridized carbons (Fsp3) is 0.333. The Bertz CT molecular complexity index is 807. The third-order valence-electron chi connectivity index (χ3n) is 4.23. The van der Waals surface area contributed by atoms with Gasteiger partial charge in [0, 0.05) is 38.6 Å². The molecule has 1 aromatic carbocycles. The summed E-state index contributed by atoms with van der Waals surface area (Å²) in [6, 6.07) is 6.02. The van der Waals surface area contributed by atoms with E-state index in [1.54, 1.807) is 23.4 Å². The van der Waals surface area contributed by atoms with Crippen LogP contribution in [-0.4, -0.2) is 71.7 Å². The van der Waals surface area contributed by atoms with Crippen LogP contribution in [-0.2, 0) is 4.79 Å². The van der Waals surface area contributed by atoms with Crippen molar-refractivity contribution in [3.63, 3.8) is 0 Å². The molecule has 1 amide bonds. The first-order chi connectivity index (χ1) is 13.1. The van der Waals surface area contributed by atoms with Crippen LogP contribution in [0, 0.1) is 0 Å². The van der Waals surface area contributed by atoms with Crippen LogP contribution in [0.1, 0.15) is 10.4 Å². The van der Waals surface area contributed by atoms with Crippen molar-refractivity contribution in [1.82, 2.24) is 14.9 Å². The van der Waals surface area contributed by atoms with Gasteiger partial charge in [-0.3, -0.25) is 4.79 Å². The first kappa shape index (κ1) is 18.4. The quantitative estimate of drug-likeness (QED) is 0.798. The number of ether oxygens (including phenoxy) is 2. The number of nitrogens with zero attached hydrogens (tertiary/aromatic N) is 4. The summed E-state index contributed by atoms with van der Waals surface area (Å²) >= 11 is 0. The Morgan fingerprint density at radius 3 is 2.44 bits per heavy atom. The van der Waals surface area contributed by atoms with Crippen molar-refractivity contribution in [2.75, 3.05) is 44.8 Å². The number of hydrogen-bond donors (Lipinski definition) is 1. The normalized spacial score (nSPS) is 14.0. The average Bonchev–Trinajstić information content (AvgIpc) is 2.72. The molecule has 9 heteroatoms. The summed E-state index contributed by atoms with van der Waals surface area (Å²) < 4.78 is 10.7. The molecule has 1 fully saturated rings. The maximum atomic E-state index is 12.4. The van der Waals surface area contributed by atoms with Gasteiger partial charge >= 0.3 is 5.97 Å². The summed E-state index contributed by atoms with van der Waals surface area (Å²) in [5.74, 6) is 0.0502. The second-order valence-electron chi connectivity index (χ2n) is 5.88. The van der Waals surface area contributed by atoms with Crippen LogP contribution in [0.4, 0.5) is 5.95 Å². The minimum atomic E-state index is -1.06. The summed E-state index contributed by atoms with van der Waals surface area (Å²) in [6.45, 7) is 2.24. The van der Waals surface area contributed by atoms with Crippen LogP contribution in [0.2, 0.25) is 0 Å². The summed E-state index contributed by atoms with van der Waals surface area (Å²) in [4.78, 5) is 35.6. The number of hydrogen-bond acceptors (Lipinski definition) is 7. The molecule has 27 heavy (non-hydrogen) atoms. The lowest BCUT2D eigenvalue weighted by Gasteiger charge is -2.34. The molecule has 2 aromatic rings. The molecule has 0 saturated carbocycles. The Hall–Kier alpha value is -3.36. The van der Waals surface area contributed by atoms with Crippen molar-refractivity contribution in [2.24, 2.45) is 0 Å². The SMILES string of the molecule is COc1cc(C(=O)O)ccc1OCC(=O)N1CCN(c2ncccn2)CC1. The lowest BCUT2D eigenvalue weighted by molar-refractivity contribution is -0.133. The van der Waals surface area contributed by atoms with Crippen molar-refractivity contribution in [3.8, 4) is 11.5 Å². The molecule has 0 bridgehead atoms. The number of carbonyl (C=O) groups excluding carboxylic acids is 1. The third-order valence-corrected chi connectivity index (χ3v) is 4.23. The number of aromatic nitrogens is 2. The van der Waals surface area contributed by atoms with Gasteiger partial charge in [-0.2, -0.15) is 0 Å². The number of benzene rings is 1. The lowest BCUT2D eigenvalue weighted by Crippen LogP contribution is -2.50. The number of carboxylic acids is 1. The van der Waals surface area contributed by atoms with E-state index in [9.17, 15) is 9.59 Å². The van der Waals surface area contributed by atoms with Gasteiger partial charge in [0.15, 0.2) is 18.1 Å². The Kier molecular flexibility index (Phi) is 5.70. The van der Waals surface area contributed by atoms with Gasteiger partial charge in [0.05, 0.1) is 12.7 Å². The molecule has 1 aliphatic rings. The molecule has 3 rings (SSSR count). The van der Waals surface area contributed by atoms with E-state index in [4.69, 9.17) is 14.6 Å². The summed E-state index contributed by atoms with van der Waals surface area (Å²) in [7, 11) is 1.42. The van der Waals surface area contributed by atoms with Crippen molar-refractivity contribution in [3.05, 3.63) is 42.2 Å². The van der Waals surface area contributed by atoms with Gasteiger partial charge in [0.2, 0.25) is 5.95 Å². The van der Waals surface area contributed by atoms with Crippen LogP contribution in [0.5, 0.6) is 11.5 Å². The summed E-state index contributed by atoms with van der Waals surface area (Å²) in [6.07, 6.45) is 3.38. The number of anilines is 1. The topological polar surface area (TPSA) is 105 Å². The van der Waals surface area contributed by atoms with E-state index >= 15 is 0 Å². The van der Waals surface area contributed by atoms with Crippen LogP contribution >= 0.6 is 0 Å². The molecule has 0 unspecified atom stereocenters. The van der Waals surface area contributed by atoms with Gasteiger partial charge in [-0.05, 0) is 24.3 Å². The fourth-order valence-corrected chi connectivity index (χ4v) is 2.76. The van der Waals surface area contributed by atoms with Gasteiger partial charge in [0.1, 0.15) is 0 Å². The first-order valence-corrected chi connectivity index (χ1v) is 8.42. The average molecular weight is 372 g/mol. The van der Waals surface area contributed by atoms with E-state index in [-0.39, 0.29) is 23.8 Å². The maximum absolute atomic E-state index is 12.4. The summed E-state index contributed by atoms with van der Waals surface area (Å²) in [5, 5.41) is 9.02. The van der Waals surface area contributed by atoms with E-state index < -0.39 is 5.97 Å². The number of aromatic carboxylic acids is 1. The second-order valence-corrected chi connectivity index (χ2v) is 5.88. The number of amides is 1. The molecule has 2 heterocycles. The third kappa shape index (κ3) is 4.43.